The number of nitrogens with one attached hydrogen (secondary N) is 2. The summed E-state index contributed by atoms with van der Waals surface area (Å²) < 4.78 is 33.9. The summed E-state index contributed by atoms with van der Waals surface area (Å²) in [5.74, 6) is -0.622. The number of ether oxygens (including phenoxy) is 1. The monoisotopic (exact) mass is 481 g/mol. The van der Waals surface area contributed by atoms with Crippen LogP contribution in [0, 0.1) is 11.6 Å². The minimum atomic E-state index is -0.835. The molecule has 34 heavy (non-hydrogen) atoms. The third-order valence-electron chi connectivity index (χ3n) is 4.79. The highest BCUT2D eigenvalue weighted by Gasteiger charge is 2.16. The summed E-state index contributed by atoms with van der Waals surface area (Å²) in [7, 11) is 1.61. The van der Waals surface area contributed by atoms with E-state index in [4.69, 9.17) is 4.74 Å². The normalized spacial score (nSPS) is 10.7. The van der Waals surface area contributed by atoms with Crippen molar-refractivity contribution in [1.82, 2.24) is 14.8 Å². The number of thioether (sulfide) groups is 1. The predicted octanol–water partition coefficient (Wildman–Crippen LogP) is 4.90. The highest BCUT2D eigenvalue weighted by molar-refractivity contribution is 7.99. The smallest absolute Gasteiger partial charge is 0.234 e. The van der Waals surface area contributed by atoms with Gasteiger partial charge in [-0.2, -0.15) is 0 Å². The van der Waals surface area contributed by atoms with Crippen molar-refractivity contribution < 1.29 is 18.3 Å². The van der Waals surface area contributed by atoms with Crippen molar-refractivity contribution in [2.75, 3.05) is 23.5 Å². The van der Waals surface area contributed by atoms with E-state index >= 15 is 0 Å². The Morgan fingerprint density at radius 2 is 1.79 bits per heavy atom. The molecule has 4 aromatic rings. The molecule has 10 heteroatoms. The molecular weight excluding hydrogens is 460 g/mol. The number of benzene rings is 3. The van der Waals surface area contributed by atoms with E-state index in [1.165, 1.54) is 6.07 Å². The third-order valence-corrected chi connectivity index (χ3v) is 5.72. The SMILES string of the molecule is COc1ccc(NCc2nnc(SCC(=O)Nc3ccc(F)cc3F)n2-c2ccccc2)cc1. The van der Waals surface area contributed by atoms with E-state index in [-0.39, 0.29) is 11.4 Å². The van der Waals surface area contributed by atoms with Crippen LogP contribution in [0.5, 0.6) is 5.75 Å². The molecule has 0 fully saturated rings. The minimum absolute atomic E-state index is 0.0340. The molecule has 1 aromatic heterocycles. The van der Waals surface area contributed by atoms with E-state index in [1.807, 2.05) is 59.2 Å². The number of carbonyl (C=O) groups is 1. The second-order valence-electron chi connectivity index (χ2n) is 7.11. The quantitative estimate of drug-likeness (QED) is 0.331. The third kappa shape index (κ3) is 5.70. The number of aromatic nitrogens is 3. The van der Waals surface area contributed by atoms with Gasteiger partial charge in [-0.05, 0) is 48.5 Å². The van der Waals surface area contributed by atoms with Crippen LogP contribution in [-0.2, 0) is 11.3 Å². The van der Waals surface area contributed by atoms with E-state index in [9.17, 15) is 13.6 Å². The van der Waals surface area contributed by atoms with Gasteiger partial charge in [0.2, 0.25) is 5.91 Å². The molecular formula is C24H21F2N5O2S. The van der Waals surface area contributed by atoms with Crippen LogP contribution in [0.2, 0.25) is 0 Å². The Morgan fingerprint density at radius 3 is 2.50 bits per heavy atom. The van der Waals surface area contributed by atoms with Crippen LogP contribution in [0.25, 0.3) is 5.69 Å². The van der Waals surface area contributed by atoms with E-state index in [2.05, 4.69) is 20.8 Å². The molecule has 174 valence electrons. The predicted molar refractivity (Wildman–Crippen MR) is 127 cm³/mol. The number of anilines is 2. The molecule has 4 rings (SSSR count). The molecule has 0 saturated carbocycles. The number of hydrogen-bond donors (Lipinski definition) is 2. The Hall–Kier alpha value is -3.92. The van der Waals surface area contributed by atoms with Crippen molar-refractivity contribution in [1.29, 1.82) is 0 Å². The van der Waals surface area contributed by atoms with Crippen LogP contribution < -0.4 is 15.4 Å². The number of rotatable bonds is 9. The van der Waals surface area contributed by atoms with Crippen molar-refractivity contribution in [2.24, 2.45) is 0 Å². The van der Waals surface area contributed by atoms with Gasteiger partial charge in [0.05, 0.1) is 25.1 Å². The lowest BCUT2D eigenvalue weighted by atomic mass is 10.3. The van der Waals surface area contributed by atoms with Gasteiger partial charge in [-0.25, -0.2) is 8.78 Å². The molecule has 0 saturated heterocycles. The number of methoxy groups -OCH3 is 1. The molecule has 0 aliphatic carbocycles. The minimum Gasteiger partial charge on any atom is -0.497 e. The molecule has 0 aliphatic heterocycles. The lowest BCUT2D eigenvalue weighted by molar-refractivity contribution is -0.113. The summed E-state index contributed by atoms with van der Waals surface area (Å²) in [5, 5.41) is 14.8. The molecule has 1 amide bonds. The summed E-state index contributed by atoms with van der Waals surface area (Å²) in [6.07, 6.45) is 0. The number of halogens is 2. The zero-order valence-corrected chi connectivity index (χ0v) is 19.0. The second-order valence-corrected chi connectivity index (χ2v) is 8.06. The van der Waals surface area contributed by atoms with Crippen molar-refractivity contribution in [2.45, 2.75) is 11.7 Å². The average Bonchev–Trinajstić information content (AvgIpc) is 3.27. The molecule has 0 radical (unpaired) electrons. The van der Waals surface area contributed by atoms with E-state index in [0.29, 0.717) is 17.5 Å². The van der Waals surface area contributed by atoms with Gasteiger partial charge in [-0.3, -0.25) is 9.36 Å². The molecule has 3 aromatic carbocycles. The average molecular weight is 482 g/mol. The Labute approximate surface area is 199 Å². The maximum absolute atomic E-state index is 13.8. The van der Waals surface area contributed by atoms with Gasteiger partial charge in [-0.1, -0.05) is 30.0 Å². The van der Waals surface area contributed by atoms with Gasteiger partial charge in [0.15, 0.2) is 11.0 Å². The largest absolute Gasteiger partial charge is 0.497 e. The van der Waals surface area contributed by atoms with Gasteiger partial charge < -0.3 is 15.4 Å². The first kappa shape index (κ1) is 23.2. The van der Waals surface area contributed by atoms with Crippen LogP contribution in [0.15, 0.2) is 78.0 Å². The highest BCUT2D eigenvalue weighted by Crippen LogP contribution is 2.24. The summed E-state index contributed by atoms with van der Waals surface area (Å²) in [4.78, 5) is 12.4. The van der Waals surface area contributed by atoms with Crippen LogP contribution >= 0.6 is 11.8 Å². The Morgan fingerprint density at radius 1 is 1.03 bits per heavy atom. The molecule has 2 N–H and O–H groups in total. The van der Waals surface area contributed by atoms with Crippen LogP contribution in [0.3, 0.4) is 0 Å². The number of para-hydroxylation sites is 1. The van der Waals surface area contributed by atoms with E-state index in [0.717, 1.165) is 41.0 Å². The number of nitrogens with zero attached hydrogens (tertiary/aromatic N) is 3. The first-order valence-corrected chi connectivity index (χ1v) is 11.3. The lowest BCUT2D eigenvalue weighted by Crippen LogP contribution is -2.16. The van der Waals surface area contributed by atoms with E-state index < -0.39 is 17.5 Å². The van der Waals surface area contributed by atoms with E-state index in [1.54, 1.807) is 7.11 Å². The second kappa shape index (κ2) is 10.8. The Bertz CT molecular complexity index is 1270. The molecule has 0 unspecified atom stereocenters. The Balaban J connectivity index is 1.48. The molecule has 0 aliphatic rings. The van der Waals surface area contributed by atoms with Crippen molar-refractivity contribution >= 4 is 29.0 Å². The van der Waals surface area contributed by atoms with Gasteiger partial charge in [0.1, 0.15) is 17.4 Å². The van der Waals surface area contributed by atoms with Crippen LogP contribution in [0.1, 0.15) is 5.82 Å². The van der Waals surface area contributed by atoms with Crippen molar-refractivity contribution in [3.63, 3.8) is 0 Å². The van der Waals surface area contributed by atoms with Gasteiger partial charge in [-0.15, -0.1) is 10.2 Å². The molecule has 0 atom stereocenters. The maximum Gasteiger partial charge on any atom is 0.234 e. The topological polar surface area (TPSA) is 81.1 Å². The van der Waals surface area contributed by atoms with Crippen molar-refractivity contribution in [3.05, 3.63) is 90.3 Å². The fraction of sp³-hybridized carbons (Fsp3) is 0.125. The fourth-order valence-corrected chi connectivity index (χ4v) is 3.91. The zero-order chi connectivity index (χ0) is 23.9. The summed E-state index contributed by atoms with van der Waals surface area (Å²) in [5.41, 5.74) is 1.64. The summed E-state index contributed by atoms with van der Waals surface area (Å²) in [6.45, 7) is 0.391. The number of carbonyl (C=O) groups excluding carboxylic acids is 1. The first-order chi connectivity index (χ1) is 16.5. The molecule has 7 nitrogen and oxygen atoms in total. The highest BCUT2D eigenvalue weighted by atomic mass is 32.2. The maximum atomic E-state index is 13.8. The standard InChI is InChI=1S/C24H21F2N5O2S/c1-33-19-10-8-17(9-11-19)27-14-22-29-30-24(31(22)18-5-3-2-4-6-18)34-15-23(32)28-21-12-7-16(25)13-20(21)26/h2-13,27H,14-15H2,1H3,(H,28,32). The van der Waals surface area contributed by atoms with Gasteiger partial charge >= 0.3 is 0 Å². The number of hydrogen-bond acceptors (Lipinski definition) is 6. The summed E-state index contributed by atoms with van der Waals surface area (Å²) >= 11 is 1.16. The first-order valence-electron chi connectivity index (χ1n) is 10.3. The lowest BCUT2D eigenvalue weighted by Gasteiger charge is -2.12. The van der Waals surface area contributed by atoms with Crippen LogP contribution in [-0.4, -0.2) is 33.5 Å². The van der Waals surface area contributed by atoms with Crippen LogP contribution in [0.4, 0.5) is 20.2 Å². The summed E-state index contributed by atoms with van der Waals surface area (Å²) in [6, 6.07) is 20.0. The van der Waals surface area contributed by atoms with Crippen molar-refractivity contribution in [3.8, 4) is 11.4 Å². The zero-order valence-electron chi connectivity index (χ0n) is 18.2. The molecule has 0 bridgehead atoms. The number of amides is 1. The fourth-order valence-electron chi connectivity index (χ4n) is 3.14. The Kier molecular flexibility index (Phi) is 7.38. The molecule has 0 spiro atoms. The van der Waals surface area contributed by atoms with Gasteiger partial charge in [0.25, 0.3) is 0 Å². The molecule has 1 heterocycles. The van der Waals surface area contributed by atoms with Gasteiger partial charge in [0, 0.05) is 17.4 Å².